The molecule has 0 fully saturated rings. The summed E-state index contributed by atoms with van der Waals surface area (Å²) in [7, 11) is 0. The smallest absolute Gasteiger partial charge is 0.235 e. The third-order valence-corrected chi connectivity index (χ3v) is 2.99. The van der Waals surface area contributed by atoms with Gasteiger partial charge in [-0.3, -0.25) is 9.69 Å². The fraction of sp³-hybridized carbons (Fsp3) is 0.769. The highest BCUT2D eigenvalue weighted by Gasteiger charge is 2.30. The summed E-state index contributed by atoms with van der Waals surface area (Å²) in [4.78, 5) is 13.6. The van der Waals surface area contributed by atoms with Crippen molar-refractivity contribution >= 4 is 5.91 Å². The molecule has 1 N–H and O–H groups in total. The summed E-state index contributed by atoms with van der Waals surface area (Å²) >= 11 is 0. The molecule has 1 amide bonds. The lowest BCUT2D eigenvalue weighted by Gasteiger charge is -2.28. The van der Waals surface area contributed by atoms with Crippen molar-refractivity contribution in [2.75, 3.05) is 19.6 Å². The monoisotopic (exact) mass is 250 g/mol. The largest absolute Gasteiger partial charge is 0.337 e. The molecule has 0 aromatic carbocycles. The highest BCUT2D eigenvalue weighted by Crippen LogP contribution is 2.14. The molecule has 0 unspecified atom stereocenters. The first-order chi connectivity index (χ1) is 8.39. The molecule has 0 saturated heterocycles. The van der Waals surface area contributed by atoms with E-state index in [1.165, 1.54) is 0 Å². The number of carbonyl (C=O) groups excluding carboxylic acids is 1. The fourth-order valence-electron chi connectivity index (χ4n) is 1.46. The number of carbonyl (C=O) groups is 1. The van der Waals surface area contributed by atoms with E-state index in [-0.39, 0.29) is 24.9 Å². The molecule has 0 bridgehead atoms. The Morgan fingerprint density at radius 2 is 2.06 bits per heavy atom. The van der Waals surface area contributed by atoms with Crippen LogP contribution in [0, 0.1) is 28.6 Å². The Bertz CT molecular complexity index is 353. The van der Waals surface area contributed by atoms with E-state index in [0.29, 0.717) is 6.54 Å². The normalized spacial score (nSPS) is 13.8. The van der Waals surface area contributed by atoms with Crippen molar-refractivity contribution in [2.24, 2.45) is 5.92 Å². The molecule has 100 valence electrons. The van der Waals surface area contributed by atoms with Crippen LogP contribution in [0.15, 0.2) is 0 Å². The van der Waals surface area contributed by atoms with Gasteiger partial charge in [0.1, 0.15) is 5.54 Å². The van der Waals surface area contributed by atoms with E-state index in [1.54, 1.807) is 11.8 Å². The van der Waals surface area contributed by atoms with Gasteiger partial charge < -0.3 is 5.32 Å². The zero-order chi connectivity index (χ0) is 14.2. The third-order valence-electron chi connectivity index (χ3n) is 2.99. The van der Waals surface area contributed by atoms with Crippen molar-refractivity contribution < 1.29 is 4.79 Å². The van der Waals surface area contributed by atoms with Gasteiger partial charge >= 0.3 is 0 Å². The second-order valence-electron chi connectivity index (χ2n) is 4.89. The van der Waals surface area contributed by atoms with Crippen molar-refractivity contribution in [3.63, 3.8) is 0 Å². The molecule has 5 nitrogen and oxygen atoms in total. The highest BCUT2D eigenvalue weighted by atomic mass is 16.2. The minimum atomic E-state index is -0.860. The Kier molecular flexibility index (Phi) is 7.00. The van der Waals surface area contributed by atoms with Crippen LogP contribution in [0.5, 0.6) is 0 Å². The number of hydrogen-bond donors (Lipinski definition) is 1. The van der Waals surface area contributed by atoms with Crippen LogP contribution in [-0.4, -0.2) is 36.0 Å². The fourth-order valence-corrected chi connectivity index (χ4v) is 1.46. The van der Waals surface area contributed by atoms with E-state index in [4.69, 9.17) is 10.5 Å². The van der Waals surface area contributed by atoms with E-state index < -0.39 is 5.54 Å². The maximum absolute atomic E-state index is 11.9. The van der Waals surface area contributed by atoms with Crippen LogP contribution in [0.1, 0.15) is 34.1 Å². The van der Waals surface area contributed by atoms with Gasteiger partial charge in [0.2, 0.25) is 5.91 Å². The molecule has 0 heterocycles. The Morgan fingerprint density at radius 3 is 2.44 bits per heavy atom. The van der Waals surface area contributed by atoms with Gasteiger partial charge in [-0.15, -0.1) is 0 Å². The van der Waals surface area contributed by atoms with Crippen LogP contribution in [-0.2, 0) is 4.79 Å². The van der Waals surface area contributed by atoms with Gasteiger partial charge in [-0.05, 0) is 25.8 Å². The highest BCUT2D eigenvalue weighted by molar-refractivity contribution is 5.79. The first-order valence-corrected chi connectivity index (χ1v) is 6.21. The second-order valence-corrected chi connectivity index (χ2v) is 4.89. The third kappa shape index (κ3) is 5.16. The average Bonchev–Trinajstić information content (AvgIpc) is 2.29. The molecule has 0 aromatic heterocycles. The van der Waals surface area contributed by atoms with Gasteiger partial charge in [-0.1, -0.05) is 20.8 Å². The van der Waals surface area contributed by atoms with Crippen molar-refractivity contribution in [1.82, 2.24) is 10.2 Å². The summed E-state index contributed by atoms with van der Waals surface area (Å²) in [6.07, 6.45) is 0.884. The molecule has 1 atom stereocenters. The number of hydrogen-bond acceptors (Lipinski definition) is 4. The topological polar surface area (TPSA) is 79.9 Å². The second kappa shape index (κ2) is 7.68. The predicted molar refractivity (Wildman–Crippen MR) is 69.3 cm³/mol. The maximum Gasteiger partial charge on any atom is 0.235 e. The molecule has 0 aromatic rings. The zero-order valence-corrected chi connectivity index (χ0v) is 11.7. The molecule has 0 aliphatic heterocycles. The van der Waals surface area contributed by atoms with Crippen LogP contribution in [0.4, 0.5) is 0 Å². The Labute approximate surface area is 109 Å². The minimum absolute atomic E-state index is 0.0297. The van der Waals surface area contributed by atoms with E-state index in [0.717, 1.165) is 6.42 Å². The Morgan fingerprint density at radius 1 is 1.44 bits per heavy atom. The molecular weight excluding hydrogens is 228 g/mol. The van der Waals surface area contributed by atoms with Crippen molar-refractivity contribution in [3.8, 4) is 12.1 Å². The molecule has 5 heteroatoms. The number of nitrogens with one attached hydrogen (secondary N) is 1. The van der Waals surface area contributed by atoms with Gasteiger partial charge in [-0.2, -0.15) is 10.5 Å². The summed E-state index contributed by atoms with van der Waals surface area (Å²) in [5.74, 6) is -0.182. The van der Waals surface area contributed by atoms with Crippen LogP contribution in [0.3, 0.4) is 0 Å². The molecule has 0 radical (unpaired) electrons. The summed E-state index contributed by atoms with van der Waals surface area (Å²) in [6, 6.07) is 4.17. The van der Waals surface area contributed by atoms with E-state index in [1.807, 2.05) is 26.8 Å². The standard InChI is InChI=1S/C13H22N4O/c1-5-7-17(8-6-14)9-12(18)16-13(4,10-15)11(2)3/h11H,5,7-9H2,1-4H3,(H,16,18)/t13-/m0/s1. The summed E-state index contributed by atoms with van der Waals surface area (Å²) < 4.78 is 0. The molecule has 0 aliphatic rings. The van der Waals surface area contributed by atoms with Gasteiger partial charge in [0.25, 0.3) is 0 Å². The molecule has 0 spiro atoms. The lowest BCUT2D eigenvalue weighted by Crippen LogP contribution is -2.51. The van der Waals surface area contributed by atoms with E-state index in [9.17, 15) is 4.79 Å². The van der Waals surface area contributed by atoms with E-state index >= 15 is 0 Å². The maximum atomic E-state index is 11.9. The Balaban J connectivity index is 4.50. The van der Waals surface area contributed by atoms with Gasteiger partial charge in [0, 0.05) is 0 Å². The molecule has 0 rings (SSSR count). The van der Waals surface area contributed by atoms with Crippen molar-refractivity contribution in [3.05, 3.63) is 0 Å². The number of rotatable bonds is 7. The minimum Gasteiger partial charge on any atom is -0.337 e. The summed E-state index contributed by atoms with van der Waals surface area (Å²) in [5.41, 5.74) is -0.860. The SMILES string of the molecule is CCCN(CC#N)CC(=O)N[C@@](C)(C#N)C(C)C. The summed E-state index contributed by atoms with van der Waals surface area (Å²) in [5, 5.41) is 20.5. The average molecular weight is 250 g/mol. The lowest BCUT2D eigenvalue weighted by molar-refractivity contribution is -0.123. The van der Waals surface area contributed by atoms with Crippen LogP contribution < -0.4 is 5.32 Å². The van der Waals surface area contributed by atoms with Crippen molar-refractivity contribution in [2.45, 2.75) is 39.7 Å². The van der Waals surface area contributed by atoms with Gasteiger partial charge in [0.15, 0.2) is 0 Å². The van der Waals surface area contributed by atoms with Crippen LogP contribution in [0.25, 0.3) is 0 Å². The zero-order valence-electron chi connectivity index (χ0n) is 11.7. The quantitative estimate of drug-likeness (QED) is 0.690. The summed E-state index contributed by atoms with van der Waals surface area (Å²) in [6.45, 7) is 8.58. The lowest BCUT2D eigenvalue weighted by atomic mass is 9.90. The van der Waals surface area contributed by atoms with Crippen molar-refractivity contribution in [1.29, 1.82) is 10.5 Å². The molecule has 0 aliphatic carbocycles. The first kappa shape index (κ1) is 16.4. The molecule has 18 heavy (non-hydrogen) atoms. The Hall–Kier alpha value is -1.59. The number of nitrogens with zero attached hydrogens (tertiary/aromatic N) is 3. The van der Waals surface area contributed by atoms with Gasteiger partial charge in [-0.25, -0.2) is 0 Å². The van der Waals surface area contributed by atoms with E-state index in [2.05, 4.69) is 11.4 Å². The van der Waals surface area contributed by atoms with Crippen LogP contribution >= 0.6 is 0 Å². The molecular formula is C13H22N4O. The molecule has 0 saturated carbocycles. The predicted octanol–water partition coefficient (Wildman–Crippen LogP) is 1.28. The van der Waals surface area contributed by atoms with Crippen LogP contribution in [0.2, 0.25) is 0 Å². The van der Waals surface area contributed by atoms with Gasteiger partial charge in [0.05, 0.1) is 25.2 Å². The first-order valence-electron chi connectivity index (χ1n) is 6.21. The number of amides is 1. The number of nitriles is 2.